The summed E-state index contributed by atoms with van der Waals surface area (Å²) in [6.07, 6.45) is 4.13. The molecule has 0 bridgehead atoms. The molecule has 238 valence electrons. The Kier molecular flexibility index (Phi) is 9.27. The number of aromatic nitrogens is 4. The molecule has 10 nitrogen and oxygen atoms in total. The van der Waals surface area contributed by atoms with Gasteiger partial charge in [-0.15, -0.1) is 0 Å². The van der Waals surface area contributed by atoms with Crippen molar-refractivity contribution in [2.24, 2.45) is 0 Å². The van der Waals surface area contributed by atoms with Gasteiger partial charge in [0.15, 0.2) is 5.82 Å². The van der Waals surface area contributed by atoms with Crippen molar-refractivity contribution in [3.05, 3.63) is 114 Å². The van der Waals surface area contributed by atoms with Crippen molar-refractivity contribution in [2.45, 2.75) is 51.9 Å². The van der Waals surface area contributed by atoms with Crippen LogP contribution in [0.1, 0.15) is 50.2 Å². The van der Waals surface area contributed by atoms with E-state index in [1.807, 2.05) is 48.5 Å². The quantitative estimate of drug-likeness (QED) is 0.191. The molecule has 2 aromatic carbocycles. The topological polar surface area (TPSA) is 137 Å². The predicted molar refractivity (Wildman–Crippen MR) is 188 cm³/mol. The van der Waals surface area contributed by atoms with Gasteiger partial charge in [-0.1, -0.05) is 55.5 Å². The van der Waals surface area contributed by atoms with Crippen LogP contribution >= 0.6 is 0 Å². The first-order valence-electron chi connectivity index (χ1n) is 16.0. The van der Waals surface area contributed by atoms with Crippen molar-refractivity contribution < 1.29 is 0 Å². The molecule has 1 fully saturated rings. The first-order valence-corrected chi connectivity index (χ1v) is 16.0. The number of hydrogen-bond acceptors (Lipinski definition) is 10. The monoisotopic (exact) mass is 624 g/mol. The third kappa shape index (κ3) is 6.71. The van der Waals surface area contributed by atoms with Crippen LogP contribution in [0.15, 0.2) is 97.3 Å². The summed E-state index contributed by atoms with van der Waals surface area (Å²) in [7, 11) is 0. The maximum Gasteiger partial charge on any atom is 0.234 e. The minimum atomic E-state index is -0.145. The number of anilines is 5. The number of nitrogens with zero attached hydrogens (tertiary/aromatic N) is 8. The van der Waals surface area contributed by atoms with Gasteiger partial charge in [0.25, 0.3) is 0 Å². The molecule has 1 aliphatic rings. The van der Waals surface area contributed by atoms with Gasteiger partial charge >= 0.3 is 0 Å². The van der Waals surface area contributed by atoms with Gasteiger partial charge in [-0.3, -0.25) is 4.90 Å². The van der Waals surface area contributed by atoms with Crippen molar-refractivity contribution in [2.75, 3.05) is 34.4 Å². The Labute approximate surface area is 276 Å². The smallest absolute Gasteiger partial charge is 0.234 e. The lowest BCUT2D eigenvalue weighted by Gasteiger charge is -2.45. The first-order chi connectivity index (χ1) is 22.9. The van der Waals surface area contributed by atoms with Crippen LogP contribution in [0.25, 0.3) is 11.3 Å². The third-order valence-corrected chi connectivity index (χ3v) is 8.75. The normalized spacial score (nSPS) is 17.2. The molecular weight excluding hydrogens is 584 g/mol. The molecule has 5 aromatic rings. The largest absolute Gasteiger partial charge is 0.396 e. The van der Waals surface area contributed by atoms with Crippen LogP contribution in [0.5, 0.6) is 0 Å². The van der Waals surface area contributed by atoms with E-state index >= 15 is 0 Å². The van der Waals surface area contributed by atoms with E-state index in [2.05, 4.69) is 92.9 Å². The zero-order valence-corrected chi connectivity index (χ0v) is 27.0. The van der Waals surface area contributed by atoms with E-state index in [9.17, 15) is 5.26 Å². The van der Waals surface area contributed by atoms with E-state index in [1.54, 1.807) is 12.4 Å². The molecule has 3 atom stereocenters. The van der Waals surface area contributed by atoms with E-state index in [-0.39, 0.29) is 23.9 Å². The van der Waals surface area contributed by atoms with Crippen molar-refractivity contribution in [3.63, 3.8) is 0 Å². The lowest BCUT2D eigenvalue weighted by Crippen LogP contribution is -2.56. The van der Waals surface area contributed by atoms with Crippen molar-refractivity contribution in [1.29, 1.82) is 5.26 Å². The summed E-state index contributed by atoms with van der Waals surface area (Å²) in [6.45, 7) is 9.10. The number of nitrogen functional groups attached to an aromatic ring is 2. The molecule has 0 aliphatic carbocycles. The van der Waals surface area contributed by atoms with E-state index in [4.69, 9.17) is 16.5 Å². The van der Waals surface area contributed by atoms with Gasteiger partial charge < -0.3 is 21.3 Å². The average molecular weight is 625 g/mol. The van der Waals surface area contributed by atoms with Crippen LogP contribution in [0.3, 0.4) is 0 Å². The van der Waals surface area contributed by atoms with Crippen LogP contribution in [-0.4, -0.2) is 50.0 Å². The zero-order chi connectivity index (χ0) is 32.9. The van der Waals surface area contributed by atoms with Gasteiger partial charge in [-0.05, 0) is 62.2 Å². The second kappa shape index (κ2) is 13.8. The highest BCUT2D eigenvalue weighted by atomic mass is 15.3. The molecule has 0 saturated carbocycles. The number of pyridine rings is 2. The van der Waals surface area contributed by atoms with Crippen LogP contribution in [0.2, 0.25) is 0 Å². The van der Waals surface area contributed by atoms with E-state index in [1.165, 1.54) is 5.56 Å². The number of benzene rings is 2. The van der Waals surface area contributed by atoms with Gasteiger partial charge in [0.2, 0.25) is 5.82 Å². The van der Waals surface area contributed by atoms with E-state index in [0.29, 0.717) is 17.3 Å². The number of piperazine rings is 1. The highest BCUT2D eigenvalue weighted by Gasteiger charge is 2.31. The highest BCUT2D eigenvalue weighted by molar-refractivity contribution is 5.76. The van der Waals surface area contributed by atoms with E-state index in [0.717, 1.165) is 54.4 Å². The second-order valence-corrected chi connectivity index (χ2v) is 12.1. The molecule has 3 aromatic heterocycles. The molecule has 1 aliphatic heterocycles. The fourth-order valence-corrected chi connectivity index (χ4v) is 6.70. The molecule has 47 heavy (non-hydrogen) atoms. The summed E-state index contributed by atoms with van der Waals surface area (Å²) in [5.74, 6) is 2.16. The number of nitrogens with two attached hydrogens (primary N) is 2. The molecule has 4 N–H and O–H groups in total. The summed E-state index contributed by atoms with van der Waals surface area (Å²) < 4.78 is 0. The fraction of sp³-hybridized carbons (Fsp3) is 0.270. The first kappa shape index (κ1) is 31.5. The number of rotatable bonds is 9. The van der Waals surface area contributed by atoms with Gasteiger partial charge in [-0.25, -0.2) is 19.9 Å². The van der Waals surface area contributed by atoms with Crippen molar-refractivity contribution in [3.8, 4) is 17.3 Å². The Bertz CT molecular complexity index is 1840. The molecule has 0 spiro atoms. The predicted octanol–water partition coefficient (Wildman–Crippen LogP) is 6.36. The van der Waals surface area contributed by atoms with Gasteiger partial charge in [-0.2, -0.15) is 5.26 Å². The standard InChI is InChI=1S/C37H40N10/c1-4-33(30-11-8-19-42-36(30)40)47(37-31(39)16-17-32(43-37)28-9-6-5-7-10-28)29-14-12-27(13-15-29)24-45-22-25(2)46(26(3)23-45)35-18-20-41-34(21-38)44-35/h5-20,25-26,33H,4,22-24,39H2,1-3H3,(H2,40,42)/t25-,26-,33?/m0/s1. The third-order valence-electron chi connectivity index (χ3n) is 8.75. The number of nitriles is 1. The minimum Gasteiger partial charge on any atom is -0.396 e. The van der Waals surface area contributed by atoms with E-state index < -0.39 is 0 Å². The Morgan fingerprint density at radius 1 is 0.872 bits per heavy atom. The van der Waals surface area contributed by atoms with Crippen LogP contribution < -0.4 is 21.3 Å². The maximum atomic E-state index is 9.28. The molecule has 6 rings (SSSR count). The Balaban J connectivity index is 1.29. The Morgan fingerprint density at radius 3 is 2.30 bits per heavy atom. The number of hydrogen-bond donors (Lipinski definition) is 2. The summed E-state index contributed by atoms with van der Waals surface area (Å²) in [5, 5.41) is 9.28. The molecule has 0 radical (unpaired) electrons. The van der Waals surface area contributed by atoms with Gasteiger partial charge in [0.1, 0.15) is 17.7 Å². The second-order valence-electron chi connectivity index (χ2n) is 12.1. The molecule has 4 heterocycles. The molecule has 1 unspecified atom stereocenters. The van der Waals surface area contributed by atoms with Crippen molar-refractivity contribution in [1.82, 2.24) is 24.8 Å². The molecule has 0 amide bonds. The fourth-order valence-electron chi connectivity index (χ4n) is 6.70. The Morgan fingerprint density at radius 2 is 1.62 bits per heavy atom. The summed E-state index contributed by atoms with van der Waals surface area (Å²) in [6, 6.07) is 30.9. The van der Waals surface area contributed by atoms with Gasteiger partial charge in [0, 0.05) is 60.9 Å². The molecular formula is C37H40N10. The zero-order valence-electron chi connectivity index (χ0n) is 27.0. The van der Waals surface area contributed by atoms with Crippen LogP contribution in [0.4, 0.5) is 28.8 Å². The lowest BCUT2D eigenvalue weighted by atomic mass is 10.0. The molecule has 10 heteroatoms. The molecule has 1 saturated heterocycles. The minimum absolute atomic E-state index is 0.145. The summed E-state index contributed by atoms with van der Waals surface area (Å²) in [5.41, 5.74) is 18.7. The van der Waals surface area contributed by atoms with Crippen LogP contribution in [0, 0.1) is 11.3 Å². The van der Waals surface area contributed by atoms with Crippen molar-refractivity contribution >= 4 is 28.8 Å². The summed E-state index contributed by atoms with van der Waals surface area (Å²) in [4.78, 5) is 25.0. The lowest BCUT2D eigenvalue weighted by molar-refractivity contribution is 0.191. The average Bonchev–Trinajstić information content (AvgIpc) is 3.09. The van der Waals surface area contributed by atoms with Crippen LogP contribution in [-0.2, 0) is 6.54 Å². The highest BCUT2D eigenvalue weighted by Crippen LogP contribution is 2.41. The Hall–Kier alpha value is -5.53. The SMILES string of the molecule is CCC(c1cccnc1N)N(c1ccc(CN2C[C@H](C)N(c3ccnc(C#N)n3)[C@@H](C)C2)cc1)c1nc(-c2ccccc2)ccc1N. The van der Waals surface area contributed by atoms with Gasteiger partial charge in [0.05, 0.1) is 17.4 Å². The maximum absolute atomic E-state index is 9.28. The summed E-state index contributed by atoms with van der Waals surface area (Å²) >= 11 is 0.